The second kappa shape index (κ2) is 5.99. The Morgan fingerprint density at radius 2 is 1.89 bits per heavy atom. The average Bonchev–Trinajstić information content (AvgIpc) is 2.42. The van der Waals surface area contributed by atoms with Crippen molar-refractivity contribution in [1.82, 2.24) is 15.0 Å². The lowest BCUT2D eigenvalue weighted by molar-refractivity contribution is 0.880. The molecule has 0 aromatic carbocycles. The summed E-state index contributed by atoms with van der Waals surface area (Å²) in [6.45, 7) is 6.06. The van der Waals surface area contributed by atoms with Crippen molar-refractivity contribution >= 4 is 17.6 Å². The molecule has 100 valence electrons. The third-order valence-corrected chi connectivity index (χ3v) is 3.87. The van der Waals surface area contributed by atoms with Gasteiger partial charge in [-0.2, -0.15) is 0 Å². The summed E-state index contributed by atoms with van der Waals surface area (Å²) in [4.78, 5) is 13.1. The van der Waals surface area contributed by atoms with E-state index in [9.17, 15) is 0 Å². The lowest BCUT2D eigenvalue weighted by Crippen LogP contribution is -2.08. The predicted octanol–water partition coefficient (Wildman–Crippen LogP) is 2.37. The summed E-state index contributed by atoms with van der Waals surface area (Å²) in [5.74, 6) is 6.79. The highest BCUT2D eigenvalue weighted by molar-refractivity contribution is 7.98. The van der Waals surface area contributed by atoms with E-state index in [1.165, 1.54) is 0 Å². The van der Waals surface area contributed by atoms with Gasteiger partial charge in [-0.3, -0.25) is 0 Å². The number of nitrogens with two attached hydrogens (primary N) is 1. The van der Waals surface area contributed by atoms with E-state index in [0.717, 1.165) is 33.4 Å². The average molecular weight is 275 g/mol. The van der Waals surface area contributed by atoms with Gasteiger partial charge >= 0.3 is 0 Å². The molecule has 2 rings (SSSR count). The molecule has 2 aromatic rings. The number of aryl methyl sites for hydroxylation is 2. The minimum absolute atomic E-state index is 0.662. The number of hydrogen-bond donors (Lipinski definition) is 2. The van der Waals surface area contributed by atoms with Gasteiger partial charge in [-0.25, -0.2) is 20.8 Å². The molecule has 2 heterocycles. The fraction of sp³-hybridized carbons (Fsp3) is 0.308. The number of nitrogens with one attached hydrogen (secondary N) is 1. The largest absolute Gasteiger partial charge is 0.308 e. The number of nitrogens with zero attached hydrogens (tertiary/aromatic N) is 3. The van der Waals surface area contributed by atoms with Gasteiger partial charge in [0, 0.05) is 23.3 Å². The van der Waals surface area contributed by atoms with Gasteiger partial charge in [0.25, 0.3) is 0 Å². The molecule has 0 radical (unpaired) electrons. The van der Waals surface area contributed by atoms with Gasteiger partial charge in [-0.1, -0.05) is 11.8 Å². The molecule has 0 fully saturated rings. The van der Waals surface area contributed by atoms with Crippen LogP contribution in [0, 0.1) is 20.8 Å². The van der Waals surface area contributed by atoms with Crippen LogP contribution >= 0.6 is 11.8 Å². The predicted molar refractivity (Wildman–Crippen MR) is 77.9 cm³/mol. The van der Waals surface area contributed by atoms with Gasteiger partial charge in [-0.05, 0) is 44.0 Å². The number of rotatable bonds is 4. The Balaban J connectivity index is 2.10. The quantitative estimate of drug-likeness (QED) is 0.386. The molecule has 3 N–H and O–H groups in total. The lowest BCUT2D eigenvalue weighted by Gasteiger charge is -2.07. The van der Waals surface area contributed by atoms with E-state index < -0.39 is 0 Å². The Morgan fingerprint density at radius 3 is 2.53 bits per heavy atom. The molecule has 0 amide bonds. The van der Waals surface area contributed by atoms with Gasteiger partial charge in [0.05, 0.1) is 0 Å². The maximum Gasteiger partial charge on any atom is 0.188 e. The molecule has 0 bridgehead atoms. The van der Waals surface area contributed by atoms with Crippen molar-refractivity contribution in [1.29, 1.82) is 0 Å². The minimum atomic E-state index is 0.662. The van der Waals surface area contributed by atoms with Gasteiger partial charge in [0.1, 0.15) is 5.82 Å². The van der Waals surface area contributed by atoms with Crippen molar-refractivity contribution in [2.45, 2.75) is 31.7 Å². The number of aromatic nitrogens is 3. The highest BCUT2D eigenvalue weighted by atomic mass is 32.2. The minimum Gasteiger partial charge on any atom is -0.308 e. The van der Waals surface area contributed by atoms with E-state index in [-0.39, 0.29) is 0 Å². The Hall–Kier alpha value is -1.66. The number of nitrogen functional groups attached to an aromatic ring is 1. The summed E-state index contributed by atoms with van der Waals surface area (Å²) in [6, 6.07) is 3.88. The first-order valence-corrected chi connectivity index (χ1v) is 6.95. The molecule has 2 aromatic heterocycles. The Bertz CT molecular complexity index is 562. The first-order chi connectivity index (χ1) is 9.10. The van der Waals surface area contributed by atoms with Crippen molar-refractivity contribution in [2.75, 3.05) is 5.43 Å². The van der Waals surface area contributed by atoms with Crippen molar-refractivity contribution in [2.24, 2.45) is 5.84 Å². The molecule has 0 saturated heterocycles. The molecular formula is C13H17N5S. The van der Waals surface area contributed by atoms with Crippen LogP contribution in [0.4, 0.5) is 5.82 Å². The Morgan fingerprint density at radius 1 is 1.21 bits per heavy atom. The van der Waals surface area contributed by atoms with E-state index in [1.54, 1.807) is 18.0 Å². The zero-order chi connectivity index (χ0) is 13.8. The Kier molecular flexibility index (Phi) is 4.34. The molecule has 0 spiro atoms. The van der Waals surface area contributed by atoms with Gasteiger partial charge < -0.3 is 5.43 Å². The smallest absolute Gasteiger partial charge is 0.188 e. The van der Waals surface area contributed by atoms with Crippen molar-refractivity contribution in [3.63, 3.8) is 0 Å². The van der Waals surface area contributed by atoms with Crippen LogP contribution in [-0.4, -0.2) is 15.0 Å². The second-order valence-electron chi connectivity index (χ2n) is 4.28. The van der Waals surface area contributed by atoms with E-state index in [1.807, 2.05) is 32.9 Å². The maximum absolute atomic E-state index is 5.34. The topological polar surface area (TPSA) is 76.7 Å². The zero-order valence-electron chi connectivity index (χ0n) is 11.3. The molecule has 19 heavy (non-hydrogen) atoms. The van der Waals surface area contributed by atoms with E-state index in [2.05, 4.69) is 20.4 Å². The first-order valence-electron chi connectivity index (χ1n) is 5.96. The normalized spacial score (nSPS) is 10.5. The summed E-state index contributed by atoms with van der Waals surface area (Å²) in [7, 11) is 0. The van der Waals surface area contributed by atoms with Crippen LogP contribution < -0.4 is 11.3 Å². The van der Waals surface area contributed by atoms with Crippen LogP contribution in [0.5, 0.6) is 0 Å². The molecule has 0 aliphatic heterocycles. The number of hydrogen-bond acceptors (Lipinski definition) is 6. The van der Waals surface area contributed by atoms with Crippen LogP contribution in [0.25, 0.3) is 0 Å². The van der Waals surface area contributed by atoms with Crippen LogP contribution in [-0.2, 0) is 5.75 Å². The number of hydrazine groups is 1. The van der Waals surface area contributed by atoms with Crippen molar-refractivity contribution in [3.05, 3.63) is 40.8 Å². The first kappa shape index (κ1) is 13.8. The van der Waals surface area contributed by atoms with Crippen LogP contribution in [0.15, 0.2) is 23.5 Å². The van der Waals surface area contributed by atoms with Crippen molar-refractivity contribution < 1.29 is 0 Å². The standard InChI is InChI=1S/C13H17N5S/c1-8-9(2)16-13(17-10(8)3)19-7-11-4-5-15-12(6-11)18-14/h4-6H,7,14H2,1-3H3,(H,15,18). The van der Waals surface area contributed by atoms with E-state index >= 15 is 0 Å². The molecule has 0 aliphatic carbocycles. The summed E-state index contributed by atoms with van der Waals surface area (Å²) in [6.07, 6.45) is 1.73. The van der Waals surface area contributed by atoms with Crippen LogP contribution in [0.2, 0.25) is 0 Å². The molecule has 6 heteroatoms. The maximum atomic E-state index is 5.34. The molecule has 0 saturated carbocycles. The Labute approximate surface area is 117 Å². The number of anilines is 1. The van der Waals surface area contributed by atoms with Crippen LogP contribution in [0.3, 0.4) is 0 Å². The highest BCUT2D eigenvalue weighted by Crippen LogP contribution is 2.22. The van der Waals surface area contributed by atoms with E-state index in [0.29, 0.717) is 5.82 Å². The highest BCUT2D eigenvalue weighted by Gasteiger charge is 2.05. The third kappa shape index (κ3) is 3.42. The molecule has 0 atom stereocenters. The fourth-order valence-corrected chi connectivity index (χ4v) is 2.48. The summed E-state index contributed by atoms with van der Waals surface area (Å²) in [5, 5.41) is 0.805. The summed E-state index contributed by atoms with van der Waals surface area (Å²) < 4.78 is 0. The van der Waals surface area contributed by atoms with Gasteiger partial charge in [0.15, 0.2) is 5.16 Å². The van der Waals surface area contributed by atoms with Crippen LogP contribution in [0.1, 0.15) is 22.5 Å². The van der Waals surface area contributed by atoms with Crippen molar-refractivity contribution in [3.8, 4) is 0 Å². The number of pyridine rings is 1. The molecule has 0 aliphatic rings. The third-order valence-electron chi connectivity index (χ3n) is 2.95. The van der Waals surface area contributed by atoms with E-state index in [4.69, 9.17) is 5.84 Å². The monoisotopic (exact) mass is 275 g/mol. The zero-order valence-corrected chi connectivity index (χ0v) is 12.1. The van der Waals surface area contributed by atoms with Gasteiger partial charge in [0.2, 0.25) is 0 Å². The molecular weight excluding hydrogens is 258 g/mol. The van der Waals surface area contributed by atoms with Gasteiger partial charge in [-0.15, -0.1) is 0 Å². The second-order valence-corrected chi connectivity index (χ2v) is 5.23. The molecule has 0 unspecified atom stereocenters. The fourth-order valence-electron chi connectivity index (χ4n) is 1.60. The SMILES string of the molecule is Cc1nc(SCc2ccnc(NN)c2)nc(C)c1C. The summed E-state index contributed by atoms with van der Waals surface area (Å²) in [5.41, 5.74) is 6.90. The lowest BCUT2D eigenvalue weighted by atomic mass is 10.2. The number of thioether (sulfide) groups is 1. The summed E-state index contributed by atoms with van der Waals surface area (Å²) >= 11 is 1.61. The molecule has 5 nitrogen and oxygen atoms in total.